The zero-order valence-electron chi connectivity index (χ0n) is 9.14. The van der Waals surface area contributed by atoms with Crippen LogP contribution in [0.15, 0.2) is 29.6 Å². The Kier molecular flexibility index (Phi) is 3.49. The normalized spacial score (nSPS) is 10.2. The summed E-state index contributed by atoms with van der Waals surface area (Å²) < 4.78 is 18.0. The summed E-state index contributed by atoms with van der Waals surface area (Å²) in [6, 6.07) is 5.76. The number of hydrogen-bond acceptors (Lipinski definition) is 4. The first-order chi connectivity index (χ1) is 8.15. The minimum atomic E-state index is -0.300. The predicted octanol–water partition coefficient (Wildman–Crippen LogP) is 3.06. The lowest BCUT2D eigenvalue weighted by Gasteiger charge is -2.02. The van der Waals surface area contributed by atoms with Crippen molar-refractivity contribution in [1.82, 2.24) is 4.98 Å². The summed E-state index contributed by atoms with van der Waals surface area (Å²) in [4.78, 5) is 15.1. The second kappa shape index (κ2) is 5.05. The van der Waals surface area contributed by atoms with Crippen LogP contribution in [-0.4, -0.2) is 10.8 Å². The third-order valence-corrected chi connectivity index (χ3v) is 2.91. The molecule has 0 fully saturated rings. The number of nitrogens with zero attached hydrogens (tertiary/aromatic N) is 1. The molecule has 2 aromatic rings. The molecular weight excluding hydrogens is 241 g/mol. The van der Waals surface area contributed by atoms with Crippen molar-refractivity contribution in [2.24, 2.45) is 0 Å². The summed E-state index contributed by atoms with van der Waals surface area (Å²) >= 11 is 1.37. The van der Waals surface area contributed by atoms with Crippen LogP contribution in [0.25, 0.3) is 0 Å². The molecule has 1 aromatic carbocycles. The van der Waals surface area contributed by atoms with E-state index in [-0.39, 0.29) is 18.2 Å². The van der Waals surface area contributed by atoms with Crippen molar-refractivity contribution < 1.29 is 13.9 Å². The number of thiazole rings is 1. The Morgan fingerprint density at radius 1 is 1.41 bits per heavy atom. The first-order valence-electron chi connectivity index (χ1n) is 4.99. The van der Waals surface area contributed by atoms with Crippen molar-refractivity contribution in [3.05, 3.63) is 46.2 Å². The average Bonchev–Trinajstić information content (AvgIpc) is 2.77. The monoisotopic (exact) mass is 251 g/mol. The van der Waals surface area contributed by atoms with Gasteiger partial charge < -0.3 is 4.74 Å². The number of rotatable bonds is 4. The lowest BCUT2D eigenvalue weighted by atomic mass is 10.3. The number of carbonyl (C=O) groups is 1. The van der Waals surface area contributed by atoms with E-state index in [0.29, 0.717) is 11.4 Å². The summed E-state index contributed by atoms with van der Waals surface area (Å²) in [5, 5.41) is 2.42. The van der Waals surface area contributed by atoms with Crippen molar-refractivity contribution in [2.75, 3.05) is 0 Å². The molecule has 2 rings (SSSR count). The van der Waals surface area contributed by atoms with Crippen molar-refractivity contribution in [3.63, 3.8) is 0 Å². The van der Waals surface area contributed by atoms with E-state index in [1.54, 1.807) is 17.5 Å². The molecule has 0 radical (unpaired) electrons. The average molecular weight is 251 g/mol. The van der Waals surface area contributed by atoms with E-state index >= 15 is 0 Å². The third-order valence-electron chi connectivity index (χ3n) is 2.09. The van der Waals surface area contributed by atoms with Gasteiger partial charge in [-0.3, -0.25) is 4.79 Å². The van der Waals surface area contributed by atoms with Crippen LogP contribution in [0.1, 0.15) is 22.4 Å². The number of ether oxygens (including phenoxy) is 1. The van der Waals surface area contributed by atoms with Gasteiger partial charge in [-0.15, -0.1) is 11.3 Å². The lowest BCUT2D eigenvalue weighted by Crippen LogP contribution is -1.97. The van der Waals surface area contributed by atoms with E-state index < -0.39 is 0 Å². The van der Waals surface area contributed by atoms with Gasteiger partial charge in [0.2, 0.25) is 0 Å². The first-order valence-corrected chi connectivity index (χ1v) is 5.87. The number of hydrogen-bond donors (Lipinski definition) is 0. The lowest BCUT2D eigenvalue weighted by molar-refractivity contribution is 0.101. The molecule has 0 aliphatic carbocycles. The number of carbonyl (C=O) groups excluding carboxylic acids is 1. The number of halogens is 1. The van der Waals surface area contributed by atoms with Crippen molar-refractivity contribution in [2.45, 2.75) is 13.5 Å². The fraction of sp³-hybridized carbons (Fsp3) is 0.167. The van der Waals surface area contributed by atoms with Gasteiger partial charge in [-0.25, -0.2) is 9.37 Å². The molecule has 5 heteroatoms. The van der Waals surface area contributed by atoms with E-state index in [0.717, 1.165) is 5.01 Å². The fourth-order valence-corrected chi connectivity index (χ4v) is 1.96. The van der Waals surface area contributed by atoms with E-state index in [1.807, 2.05) is 0 Å². The van der Waals surface area contributed by atoms with Gasteiger partial charge in [0.15, 0.2) is 5.78 Å². The molecule has 1 aromatic heterocycles. The summed E-state index contributed by atoms with van der Waals surface area (Å²) in [6.07, 6.45) is 0. The maximum atomic E-state index is 12.6. The Bertz CT molecular complexity index is 522. The molecule has 0 amide bonds. The van der Waals surface area contributed by atoms with Crippen LogP contribution >= 0.6 is 11.3 Å². The van der Waals surface area contributed by atoms with Gasteiger partial charge in [0.1, 0.15) is 28.9 Å². The highest BCUT2D eigenvalue weighted by Gasteiger charge is 2.06. The van der Waals surface area contributed by atoms with Gasteiger partial charge in [0, 0.05) is 12.3 Å². The number of ketones is 1. The van der Waals surface area contributed by atoms with Gasteiger partial charge in [0.25, 0.3) is 0 Å². The summed E-state index contributed by atoms with van der Waals surface area (Å²) in [5.41, 5.74) is 0.452. The minimum Gasteiger partial charge on any atom is -0.486 e. The molecule has 1 heterocycles. The Labute approximate surface area is 102 Å². The van der Waals surface area contributed by atoms with Crippen LogP contribution in [0.2, 0.25) is 0 Å². The molecular formula is C12H10FNO2S. The van der Waals surface area contributed by atoms with Crippen molar-refractivity contribution in [1.29, 1.82) is 0 Å². The molecule has 0 aliphatic heterocycles. The Morgan fingerprint density at radius 3 is 2.71 bits per heavy atom. The SMILES string of the molecule is CC(=O)c1csc(COc2ccc(F)cc2)n1. The third kappa shape index (κ3) is 3.10. The molecule has 0 saturated carbocycles. The molecule has 3 nitrogen and oxygen atoms in total. The smallest absolute Gasteiger partial charge is 0.178 e. The number of aromatic nitrogens is 1. The Hall–Kier alpha value is -1.75. The molecule has 0 aliphatic rings. The molecule has 0 N–H and O–H groups in total. The number of benzene rings is 1. The second-order valence-electron chi connectivity index (χ2n) is 3.43. The molecule has 17 heavy (non-hydrogen) atoms. The largest absolute Gasteiger partial charge is 0.486 e. The van der Waals surface area contributed by atoms with Gasteiger partial charge in [-0.1, -0.05) is 0 Å². The van der Waals surface area contributed by atoms with E-state index in [1.165, 1.54) is 30.4 Å². The van der Waals surface area contributed by atoms with Gasteiger partial charge >= 0.3 is 0 Å². The molecule has 0 saturated heterocycles. The summed E-state index contributed by atoms with van der Waals surface area (Å²) in [5.74, 6) is 0.214. The zero-order chi connectivity index (χ0) is 12.3. The number of Topliss-reactive ketones (excluding diaryl/α,β-unsaturated/α-hetero) is 1. The molecule has 0 unspecified atom stereocenters. The topological polar surface area (TPSA) is 39.2 Å². The molecule has 0 atom stereocenters. The van der Waals surface area contributed by atoms with Crippen molar-refractivity contribution in [3.8, 4) is 5.75 Å². The highest BCUT2D eigenvalue weighted by molar-refractivity contribution is 7.09. The van der Waals surface area contributed by atoms with Crippen LogP contribution in [0.5, 0.6) is 5.75 Å². The highest BCUT2D eigenvalue weighted by atomic mass is 32.1. The zero-order valence-corrected chi connectivity index (χ0v) is 9.96. The highest BCUT2D eigenvalue weighted by Crippen LogP contribution is 2.16. The fourth-order valence-electron chi connectivity index (χ4n) is 1.21. The maximum absolute atomic E-state index is 12.6. The van der Waals surface area contributed by atoms with E-state index in [9.17, 15) is 9.18 Å². The van der Waals surface area contributed by atoms with Crippen LogP contribution < -0.4 is 4.74 Å². The predicted molar refractivity (Wildman–Crippen MR) is 62.9 cm³/mol. The van der Waals surface area contributed by atoms with Gasteiger partial charge in [-0.2, -0.15) is 0 Å². The van der Waals surface area contributed by atoms with Crippen LogP contribution in [0.3, 0.4) is 0 Å². The molecule has 0 bridgehead atoms. The standard InChI is InChI=1S/C12H10FNO2S/c1-8(15)11-7-17-12(14-11)6-16-10-4-2-9(13)3-5-10/h2-5,7H,6H2,1H3. The van der Waals surface area contributed by atoms with Crippen molar-refractivity contribution >= 4 is 17.1 Å². The van der Waals surface area contributed by atoms with Crippen LogP contribution in [0, 0.1) is 5.82 Å². The van der Waals surface area contributed by atoms with Gasteiger partial charge in [-0.05, 0) is 24.3 Å². The molecule has 0 spiro atoms. The molecule has 88 valence electrons. The second-order valence-corrected chi connectivity index (χ2v) is 4.37. The quantitative estimate of drug-likeness (QED) is 0.784. The minimum absolute atomic E-state index is 0.0608. The van der Waals surface area contributed by atoms with Crippen LogP contribution in [0.4, 0.5) is 4.39 Å². The summed E-state index contributed by atoms with van der Waals surface area (Å²) in [7, 11) is 0. The Morgan fingerprint density at radius 2 is 2.12 bits per heavy atom. The van der Waals surface area contributed by atoms with E-state index in [4.69, 9.17) is 4.74 Å². The van der Waals surface area contributed by atoms with E-state index in [2.05, 4.69) is 4.98 Å². The Balaban J connectivity index is 1.97. The maximum Gasteiger partial charge on any atom is 0.178 e. The summed E-state index contributed by atoms with van der Waals surface area (Å²) in [6.45, 7) is 1.75. The van der Waals surface area contributed by atoms with Crippen LogP contribution in [-0.2, 0) is 6.61 Å². The van der Waals surface area contributed by atoms with Gasteiger partial charge in [0.05, 0.1) is 0 Å². The first kappa shape index (κ1) is 11.7.